The maximum absolute atomic E-state index is 11.7. The highest BCUT2D eigenvalue weighted by Crippen LogP contribution is 2.36. The number of imidazole rings is 1. The van der Waals surface area contributed by atoms with Crippen molar-refractivity contribution in [3.05, 3.63) is 30.1 Å². The third-order valence-electron chi connectivity index (χ3n) is 5.98. The van der Waals surface area contributed by atoms with Crippen LogP contribution in [0.4, 0.5) is 0 Å². The molecule has 1 N–H and O–H groups in total. The van der Waals surface area contributed by atoms with Crippen molar-refractivity contribution in [3.8, 4) is 28.6 Å². The van der Waals surface area contributed by atoms with E-state index in [9.17, 15) is 4.79 Å². The fraction of sp³-hybridized carbons (Fsp3) is 0.458. The summed E-state index contributed by atoms with van der Waals surface area (Å²) in [6.07, 6.45) is 0.281. The predicted octanol–water partition coefficient (Wildman–Crippen LogP) is 3.91. The summed E-state index contributed by atoms with van der Waals surface area (Å²) in [6.45, 7) is 8.82. The molecule has 1 aromatic carbocycles. The number of hydrogen-bond acceptors (Lipinski definition) is 6. The Bertz CT molecular complexity index is 1150. The Morgan fingerprint density at radius 1 is 1.09 bits per heavy atom. The average molecular weight is 439 g/mol. The number of rotatable bonds is 7. The van der Waals surface area contributed by atoms with Crippen LogP contribution in [0, 0.1) is 12.8 Å². The summed E-state index contributed by atoms with van der Waals surface area (Å²) in [5, 5.41) is 2.89. The number of nitrogens with zero attached hydrogens (tertiary/aromatic N) is 3. The second-order valence-corrected chi connectivity index (χ2v) is 8.46. The number of aromatic nitrogens is 3. The van der Waals surface area contributed by atoms with Gasteiger partial charge in [0.25, 0.3) is 0 Å². The molecule has 2 aromatic heterocycles. The molecular formula is C24H30N4O4. The Morgan fingerprint density at radius 2 is 1.84 bits per heavy atom. The van der Waals surface area contributed by atoms with Crippen molar-refractivity contribution in [2.45, 2.75) is 46.3 Å². The molecule has 0 aliphatic carbocycles. The van der Waals surface area contributed by atoms with E-state index in [2.05, 4.69) is 23.7 Å². The minimum Gasteiger partial charge on any atom is -0.493 e. The lowest BCUT2D eigenvalue weighted by molar-refractivity contribution is -0.119. The fourth-order valence-electron chi connectivity index (χ4n) is 4.29. The van der Waals surface area contributed by atoms with Gasteiger partial charge in [0.15, 0.2) is 11.5 Å². The van der Waals surface area contributed by atoms with E-state index < -0.39 is 0 Å². The van der Waals surface area contributed by atoms with Crippen LogP contribution in [0.3, 0.4) is 0 Å². The summed E-state index contributed by atoms with van der Waals surface area (Å²) < 4.78 is 19.4. The van der Waals surface area contributed by atoms with Crippen molar-refractivity contribution in [1.82, 2.24) is 19.9 Å². The van der Waals surface area contributed by atoms with Crippen LogP contribution in [0.25, 0.3) is 22.3 Å². The highest BCUT2D eigenvalue weighted by atomic mass is 16.5. The number of aryl methyl sites for hydroxylation is 1. The molecule has 0 spiro atoms. The molecule has 2 atom stereocenters. The van der Waals surface area contributed by atoms with Crippen LogP contribution in [0.5, 0.6) is 17.4 Å². The summed E-state index contributed by atoms with van der Waals surface area (Å²) in [5.41, 5.74) is 3.29. The van der Waals surface area contributed by atoms with E-state index in [1.54, 1.807) is 14.2 Å². The largest absolute Gasteiger partial charge is 0.493 e. The molecule has 8 heteroatoms. The number of ether oxygens (including phenoxy) is 3. The summed E-state index contributed by atoms with van der Waals surface area (Å²) in [7, 11) is 3.22. The summed E-state index contributed by atoms with van der Waals surface area (Å²) >= 11 is 0. The third kappa shape index (κ3) is 3.97. The van der Waals surface area contributed by atoms with Crippen LogP contribution in [0.15, 0.2) is 24.3 Å². The molecule has 3 heterocycles. The van der Waals surface area contributed by atoms with Gasteiger partial charge in [-0.1, -0.05) is 0 Å². The topological polar surface area (TPSA) is 87.5 Å². The van der Waals surface area contributed by atoms with Crippen LogP contribution >= 0.6 is 0 Å². The SMILES string of the molecule is COc1ccc(-c2cc3nc(C)n(C(C)C)c3c(OC(C)[C@H]3CNC(=O)C3)n2)cc1OC. The van der Waals surface area contributed by atoms with E-state index in [4.69, 9.17) is 24.2 Å². The summed E-state index contributed by atoms with van der Waals surface area (Å²) in [6, 6.07) is 7.86. The zero-order chi connectivity index (χ0) is 23.0. The molecule has 1 saturated heterocycles. The normalized spacial score (nSPS) is 17.0. The first-order valence-electron chi connectivity index (χ1n) is 10.9. The van der Waals surface area contributed by atoms with Crippen molar-refractivity contribution in [3.63, 3.8) is 0 Å². The molecule has 32 heavy (non-hydrogen) atoms. The minimum absolute atomic E-state index is 0.0608. The van der Waals surface area contributed by atoms with Crippen molar-refractivity contribution >= 4 is 16.9 Å². The lowest BCUT2D eigenvalue weighted by atomic mass is 10.0. The lowest BCUT2D eigenvalue weighted by Crippen LogP contribution is -2.26. The third-order valence-corrected chi connectivity index (χ3v) is 5.98. The van der Waals surface area contributed by atoms with E-state index in [0.717, 1.165) is 28.1 Å². The Labute approximate surface area is 187 Å². The number of carbonyl (C=O) groups is 1. The zero-order valence-corrected chi connectivity index (χ0v) is 19.4. The molecule has 1 amide bonds. The lowest BCUT2D eigenvalue weighted by Gasteiger charge is -2.21. The standard InChI is InChI=1S/C24H30N4O4/c1-13(2)28-15(4)26-19-11-18(16-7-8-20(30-5)21(9-16)31-6)27-24(23(19)28)32-14(3)17-10-22(29)25-12-17/h7-9,11,13-14,17H,10,12H2,1-6H3,(H,25,29)/t14?,17-/m1/s1. The number of hydrogen-bond donors (Lipinski definition) is 1. The minimum atomic E-state index is -0.180. The summed E-state index contributed by atoms with van der Waals surface area (Å²) in [5.74, 6) is 2.86. The van der Waals surface area contributed by atoms with Gasteiger partial charge in [0, 0.05) is 30.5 Å². The van der Waals surface area contributed by atoms with Crippen LogP contribution in [0.1, 0.15) is 39.1 Å². The second kappa shape index (κ2) is 8.68. The van der Waals surface area contributed by atoms with Crippen molar-refractivity contribution in [1.29, 1.82) is 0 Å². The van der Waals surface area contributed by atoms with Gasteiger partial charge in [-0.2, -0.15) is 0 Å². The van der Waals surface area contributed by atoms with Crippen molar-refractivity contribution in [2.75, 3.05) is 20.8 Å². The Hall–Kier alpha value is -3.29. The molecule has 0 saturated carbocycles. The Kier molecular flexibility index (Phi) is 5.95. The highest BCUT2D eigenvalue weighted by molar-refractivity contribution is 5.85. The van der Waals surface area contributed by atoms with Gasteiger partial charge in [-0.25, -0.2) is 9.97 Å². The van der Waals surface area contributed by atoms with Gasteiger partial charge in [0.2, 0.25) is 11.8 Å². The Morgan fingerprint density at radius 3 is 2.47 bits per heavy atom. The van der Waals surface area contributed by atoms with Gasteiger partial charge in [-0.05, 0) is 52.0 Å². The molecule has 1 unspecified atom stereocenters. The first kappa shape index (κ1) is 21.9. The van der Waals surface area contributed by atoms with E-state index in [1.165, 1.54) is 0 Å². The fourth-order valence-corrected chi connectivity index (χ4v) is 4.29. The number of amides is 1. The molecule has 170 valence electrons. The average Bonchev–Trinajstić information content (AvgIpc) is 3.35. The van der Waals surface area contributed by atoms with E-state index in [-0.39, 0.29) is 24.0 Å². The second-order valence-electron chi connectivity index (χ2n) is 8.46. The van der Waals surface area contributed by atoms with Crippen LogP contribution in [-0.2, 0) is 4.79 Å². The molecule has 8 nitrogen and oxygen atoms in total. The molecule has 1 fully saturated rings. The van der Waals surface area contributed by atoms with Gasteiger partial charge in [-0.3, -0.25) is 4.79 Å². The molecular weight excluding hydrogens is 408 g/mol. The number of pyridine rings is 1. The quantitative estimate of drug-likeness (QED) is 0.602. The number of fused-ring (bicyclic) bond motifs is 1. The summed E-state index contributed by atoms with van der Waals surface area (Å²) in [4.78, 5) is 21.4. The van der Waals surface area contributed by atoms with Crippen LogP contribution in [-0.4, -0.2) is 47.3 Å². The van der Waals surface area contributed by atoms with Crippen molar-refractivity contribution < 1.29 is 19.0 Å². The molecule has 4 rings (SSSR count). The molecule has 3 aromatic rings. The number of nitrogens with one attached hydrogen (secondary N) is 1. The maximum atomic E-state index is 11.7. The van der Waals surface area contributed by atoms with E-state index in [1.807, 2.05) is 38.1 Å². The van der Waals surface area contributed by atoms with Gasteiger partial charge in [0.05, 0.1) is 25.4 Å². The first-order valence-corrected chi connectivity index (χ1v) is 10.9. The predicted molar refractivity (Wildman–Crippen MR) is 122 cm³/mol. The van der Waals surface area contributed by atoms with Gasteiger partial charge >= 0.3 is 0 Å². The monoisotopic (exact) mass is 438 g/mol. The number of methoxy groups -OCH3 is 2. The number of carbonyl (C=O) groups excluding carboxylic acids is 1. The highest BCUT2D eigenvalue weighted by Gasteiger charge is 2.29. The van der Waals surface area contributed by atoms with Gasteiger partial charge in [-0.15, -0.1) is 0 Å². The van der Waals surface area contributed by atoms with E-state index >= 15 is 0 Å². The Balaban J connectivity index is 1.83. The van der Waals surface area contributed by atoms with E-state index in [0.29, 0.717) is 30.3 Å². The smallest absolute Gasteiger partial charge is 0.241 e. The first-order chi connectivity index (χ1) is 15.3. The molecule has 0 bridgehead atoms. The zero-order valence-electron chi connectivity index (χ0n) is 19.4. The molecule has 0 radical (unpaired) electrons. The maximum Gasteiger partial charge on any atom is 0.241 e. The van der Waals surface area contributed by atoms with Gasteiger partial charge in [0.1, 0.15) is 17.4 Å². The molecule has 1 aliphatic rings. The van der Waals surface area contributed by atoms with Crippen LogP contribution in [0.2, 0.25) is 0 Å². The van der Waals surface area contributed by atoms with Gasteiger partial charge < -0.3 is 24.1 Å². The number of benzene rings is 1. The van der Waals surface area contributed by atoms with Crippen molar-refractivity contribution in [2.24, 2.45) is 5.92 Å². The molecule has 1 aliphatic heterocycles. The van der Waals surface area contributed by atoms with Crippen LogP contribution < -0.4 is 19.5 Å².